The molecule has 1 atom stereocenters. The van der Waals surface area contributed by atoms with Crippen molar-refractivity contribution in [1.29, 1.82) is 0 Å². The van der Waals surface area contributed by atoms with E-state index in [1.54, 1.807) is 12.4 Å². The Morgan fingerprint density at radius 3 is 2.50 bits per heavy atom. The van der Waals surface area contributed by atoms with Crippen molar-refractivity contribution >= 4 is 12.2 Å². The van der Waals surface area contributed by atoms with E-state index in [9.17, 15) is 0 Å². The van der Waals surface area contributed by atoms with Gasteiger partial charge in [-0.15, -0.1) is 0 Å². The number of rotatable bonds is 5. The highest BCUT2D eigenvalue weighted by Crippen LogP contribution is 2.21. The molecule has 0 spiro atoms. The summed E-state index contributed by atoms with van der Waals surface area (Å²) in [7, 11) is 0. The zero-order chi connectivity index (χ0) is 19.0. The lowest BCUT2D eigenvalue weighted by Gasteiger charge is -2.18. The van der Waals surface area contributed by atoms with Crippen LogP contribution in [0.5, 0.6) is 0 Å². The second-order valence-electron chi connectivity index (χ2n) is 6.55. The molecular formula is C24H22N4. The number of nitrogens with zero attached hydrogens (tertiary/aromatic N) is 2. The van der Waals surface area contributed by atoms with Gasteiger partial charge in [0.2, 0.25) is 0 Å². The molecule has 2 aromatic rings. The summed E-state index contributed by atoms with van der Waals surface area (Å²) in [5.41, 5.74) is 5.61. The second-order valence-corrected chi connectivity index (χ2v) is 6.55. The number of hydrogen-bond acceptors (Lipinski definition) is 4. The van der Waals surface area contributed by atoms with Crippen molar-refractivity contribution in [1.82, 2.24) is 20.6 Å². The molecule has 2 aliphatic heterocycles. The SMILES string of the molecule is C1=CC(/C=C/C2=CC(c3cc(/C=C/c4ccncc4)ccn3)NC=C2)=CCN1. The fourth-order valence-electron chi connectivity index (χ4n) is 3.02. The van der Waals surface area contributed by atoms with Gasteiger partial charge < -0.3 is 10.6 Å². The molecule has 2 aromatic heterocycles. The average molecular weight is 366 g/mol. The third kappa shape index (κ3) is 4.74. The standard InChI is InChI=1S/C24H22N4/c1(19-5-11-25-12-6-19)3-21-9-15-27-23(17-21)24-18-22(10-16-28-24)4-2-20-7-13-26-14-8-20/h1-13,15-18,24,26,28H,14H2/b3-1+,4-2+. The van der Waals surface area contributed by atoms with Gasteiger partial charge in [0.15, 0.2) is 0 Å². The normalized spacial score (nSPS) is 18.6. The van der Waals surface area contributed by atoms with Crippen LogP contribution in [0.25, 0.3) is 12.2 Å². The molecule has 4 heterocycles. The summed E-state index contributed by atoms with van der Waals surface area (Å²) in [4.78, 5) is 8.61. The van der Waals surface area contributed by atoms with Crippen LogP contribution in [0.1, 0.15) is 22.9 Å². The third-order valence-electron chi connectivity index (χ3n) is 4.53. The fourth-order valence-corrected chi connectivity index (χ4v) is 3.02. The first-order valence-corrected chi connectivity index (χ1v) is 9.33. The second kappa shape index (κ2) is 8.82. The van der Waals surface area contributed by atoms with Crippen LogP contribution in [0, 0.1) is 0 Å². The van der Waals surface area contributed by atoms with Gasteiger partial charge in [0.25, 0.3) is 0 Å². The first kappa shape index (κ1) is 17.7. The number of hydrogen-bond donors (Lipinski definition) is 2. The van der Waals surface area contributed by atoms with Crippen molar-refractivity contribution < 1.29 is 0 Å². The minimum absolute atomic E-state index is 0.0523. The molecule has 4 nitrogen and oxygen atoms in total. The van der Waals surface area contributed by atoms with Crippen molar-refractivity contribution in [2.24, 2.45) is 0 Å². The Kier molecular flexibility index (Phi) is 5.59. The zero-order valence-corrected chi connectivity index (χ0v) is 15.5. The van der Waals surface area contributed by atoms with E-state index < -0.39 is 0 Å². The van der Waals surface area contributed by atoms with Gasteiger partial charge in [-0.3, -0.25) is 9.97 Å². The van der Waals surface area contributed by atoms with E-state index in [0.29, 0.717) is 0 Å². The van der Waals surface area contributed by atoms with Crippen LogP contribution in [0.2, 0.25) is 0 Å². The molecular weight excluding hydrogens is 344 g/mol. The Labute approximate surface area is 165 Å². The molecule has 0 saturated heterocycles. The lowest BCUT2D eigenvalue weighted by molar-refractivity contribution is 0.716. The Balaban J connectivity index is 1.49. The van der Waals surface area contributed by atoms with E-state index in [4.69, 9.17) is 0 Å². The maximum Gasteiger partial charge on any atom is 0.0874 e. The van der Waals surface area contributed by atoms with E-state index >= 15 is 0 Å². The van der Waals surface area contributed by atoms with Crippen LogP contribution in [0.3, 0.4) is 0 Å². The van der Waals surface area contributed by atoms with Crippen molar-refractivity contribution in [3.8, 4) is 0 Å². The summed E-state index contributed by atoms with van der Waals surface area (Å²) in [5.74, 6) is 0. The molecule has 138 valence electrons. The number of dihydropyridines is 2. The van der Waals surface area contributed by atoms with E-state index in [-0.39, 0.29) is 6.04 Å². The Hall–Kier alpha value is -3.66. The predicted molar refractivity (Wildman–Crippen MR) is 115 cm³/mol. The summed E-state index contributed by atoms with van der Waals surface area (Å²) in [5, 5.41) is 6.54. The largest absolute Gasteiger partial charge is 0.387 e. The number of allylic oxidation sites excluding steroid dienone is 6. The van der Waals surface area contributed by atoms with Gasteiger partial charge in [0.1, 0.15) is 0 Å². The number of aromatic nitrogens is 2. The van der Waals surface area contributed by atoms with E-state index in [2.05, 4.69) is 75.3 Å². The topological polar surface area (TPSA) is 49.8 Å². The number of pyridine rings is 2. The molecule has 2 N–H and O–H groups in total. The fraction of sp³-hybridized carbons (Fsp3) is 0.0833. The minimum atomic E-state index is 0.0523. The van der Waals surface area contributed by atoms with Crippen LogP contribution < -0.4 is 10.6 Å². The highest BCUT2D eigenvalue weighted by atomic mass is 14.9. The van der Waals surface area contributed by atoms with Gasteiger partial charge in [0.05, 0.1) is 11.7 Å². The van der Waals surface area contributed by atoms with Crippen LogP contribution in [-0.4, -0.2) is 16.5 Å². The van der Waals surface area contributed by atoms with Crippen LogP contribution in [-0.2, 0) is 0 Å². The van der Waals surface area contributed by atoms with Crippen LogP contribution >= 0.6 is 0 Å². The van der Waals surface area contributed by atoms with Crippen molar-refractivity contribution in [2.45, 2.75) is 6.04 Å². The quantitative estimate of drug-likeness (QED) is 0.827. The van der Waals surface area contributed by atoms with Crippen molar-refractivity contribution in [3.05, 3.63) is 120 Å². The molecule has 0 radical (unpaired) electrons. The first-order valence-electron chi connectivity index (χ1n) is 9.33. The molecule has 0 aromatic carbocycles. The molecule has 0 fully saturated rings. The number of nitrogens with one attached hydrogen (secondary N) is 2. The van der Waals surface area contributed by atoms with Crippen molar-refractivity contribution in [3.63, 3.8) is 0 Å². The van der Waals surface area contributed by atoms with Crippen LogP contribution in [0.15, 0.2) is 103 Å². The van der Waals surface area contributed by atoms with Gasteiger partial charge >= 0.3 is 0 Å². The maximum absolute atomic E-state index is 4.56. The Bertz CT molecular complexity index is 994. The van der Waals surface area contributed by atoms with Gasteiger partial charge in [0, 0.05) is 25.1 Å². The van der Waals surface area contributed by atoms with Gasteiger partial charge in [-0.05, 0) is 77.2 Å². The maximum atomic E-state index is 4.56. The van der Waals surface area contributed by atoms with E-state index in [1.165, 1.54) is 5.57 Å². The van der Waals surface area contributed by atoms with Gasteiger partial charge in [-0.1, -0.05) is 30.4 Å². The highest BCUT2D eigenvalue weighted by Gasteiger charge is 2.11. The summed E-state index contributed by atoms with van der Waals surface area (Å²) in [6, 6.07) is 8.16. The molecule has 0 amide bonds. The van der Waals surface area contributed by atoms with E-state index in [1.807, 2.05) is 36.8 Å². The molecule has 1 unspecified atom stereocenters. The lowest BCUT2D eigenvalue weighted by Crippen LogP contribution is -2.17. The van der Waals surface area contributed by atoms with Gasteiger partial charge in [-0.25, -0.2) is 0 Å². The Morgan fingerprint density at radius 2 is 1.64 bits per heavy atom. The summed E-state index contributed by atoms with van der Waals surface area (Å²) in [6.07, 6.45) is 26.4. The Morgan fingerprint density at radius 1 is 0.857 bits per heavy atom. The molecule has 4 heteroatoms. The van der Waals surface area contributed by atoms with Gasteiger partial charge in [-0.2, -0.15) is 0 Å². The van der Waals surface area contributed by atoms with Crippen LogP contribution in [0.4, 0.5) is 0 Å². The summed E-state index contributed by atoms with van der Waals surface area (Å²) in [6.45, 7) is 0.874. The molecule has 0 bridgehead atoms. The summed E-state index contributed by atoms with van der Waals surface area (Å²) >= 11 is 0. The van der Waals surface area contributed by atoms with Crippen molar-refractivity contribution in [2.75, 3.05) is 6.54 Å². The molecule has 28 heavy (non-hydrogen) atoms. The first-order chi connectivity index (χ1) is 13.9. The third-order valence-corrected chi connectivity index (χ3v) is 4.53. The minimum Gasteiger partial charge on any atom is -0.387 e. The smallest absolute Gasteiger partial charge is 0.0874 e. The molecule has 0 aliphatic carbocycles. The highest BCUT2D eigenvalue weighted by molar-refractivity contribution is 5.69. The van der Waals surface area contributed by atoms with E-state index in [0.717, 1.165) is 28.9 Å². The average Bonchev–Trinajstić information content (AvgIpc) is 2.78. The zero-order valence-electron chi connectivity index (χ0n) is 15.5. The monoisotopic (exact) mass is 366 g/mol. The predicted octanol–water partition coefficient (Wildman–Crippen LogP) is 4.33. The molecule has 4 rings (SSSR count). The lowest BCUT2D eigenvalue weighted by atomic mass is 10.0. The molecule has 0 saturated carbocycles. The molecule has 2 aliphatic rings. The summed E-state index contributed by atoms with van der Waals surface area (Å²) < 4.78 is 0.